The minimum atomic E-state index is -0.359. The lowest BCUT2D eigenvalue weighted by Gasteiger charge is -2.22. The fraction of sp³-hybridized carbons (Fsp3) is 0.231. The number of hydrogen-bond acceptors (Lipinski definition) is 2. The fourth-order valence-corrected chi connectivity index (χ4v) is 3.25. The first-order valence-corrected chi connectivity index (χ1v) is 6.98. The first kappa shape index (κ1) is 11.2. The lowest BCUT2D eigenvalue weighted by atomic mass is 9.95. The number of benzene rings is 1. The van der Waals surface area contributed by atoms with Crippen LogP contribution in [0.25, 0.3) is 0 Å². The molecule has 1 aliphatic rings. The van der Waals surface area contributed by atoms with E-state index < -0.39 is 0 Å². The Morgan fingerprint density at radius 1 is 1.25 bits per heavy atom. The van der Waals surface area contributed by atoms with E-state index in [1.807, 2.05) is 12.1 Å². The van der Waals surface area contributed by atoms with Crippen molar-refractivity contribution in [2.45, 2.75) is 18.9 Å². The van der Waals surface area contributed by atoms with Crippen molar-refractivity contribution in [1.82, 2.24) is 0 Å². The van der Waals surface area contributed by atoms with E-state index in [4.69, 9.17) is 11.5 Å². The number of nitrogen functional groups attached to an aromatic ring is 1. The second-order valence-corrected chi connectivity index (χ2v) is 6.73. The molecule has 84 valence electrons. The molecule has 0 saturated heterocycles. The van der Waals surface area contributed by atoms with Gasteiger partial charge >= 0.3 is 0 Å². The van der Waals surface area contributed by atoms with Gasteiger partial charge < -0.3 is 11.5 Å². The second kappa shape index (κ2) is 4.27. The van der Waals surface area contributed by atoms with Gasteiger partial charge in [-0.3, -0.25) is 0 Å². The van der Waals surface area contributed by atoms with E-state index in [1.165, 1.54) is 10.4 Å². The standard InChI is InChI=1S/C13H18N2Si/c1-13(15)8-6-12(7-9-13)16-11-4-2-10(14)3-5-11/h2-8H,9,14-16H2,1H3. The molecule has 0 fully saturated rings. The normalized spacial score (nSPS) is 25.0. The summed E-state index contributed by atoms with van der Waals surface area (Å²) in [4.78, 5) is 0. The second-order valence-electron chi connectivity index (χ2n) is 4.74. The maximum absolute atomic E-state index is 6.02. The summed E-state index contributed by atoms with van der Waals surface area (Å²) < 4.78 is 0. The maximum Gasteiger partial charge on any atom is 0.0870 e. The number of allylic oxidation sites excluding steroid dienone is 2. The minimum absolute atomic E-state index is 0.154. The Hall–Kier alpha value is -1.32. The van der Waals surface area contributed by atoms with Crippen molar-refractivity contribution in [3.05, 3.63) is 47.7 Å². The molecule has 16 heavy (non-hydrogen) atoms. The highest BCUT2D eigenvalue weighted by Crippen LogP contribution is 2.17. The predicted molar refractivity (Wildman–Crippen MR) is 73.5 cm³/mol. The molecular formula is C13H18N2Si. The maximum atomic E-state index is 6.02. The van der Waals surface area contributed by atoms with E-state index in [0.29, 0.717) is 0 Å². The fourth-order valence-electron chi connectivity index (χ4n) is 1.79. The van der Waals surface area contributed by atoms with Crippen LogP contribution < -0.4 is 16.7 Å². The molecule has 1 aromatic rings. The number of hydrogen-bond donors (Lipinski definition) is 2. The van der Waals surface area contributed by atoms with E-state index in [0.717, 1.165) is 12.1 Å². The Balaban J connectivity index is 2.05. The summed E-state index contributed by atoms with van der Waals surface area (Å²) in [5.74, 6) is 0. The van der Waals surface area contributed by atoms with Crippen LogP contribution in [0.3, 0.4) is 0 Å². The molecule has 1 unspecified atom stereocenters. The Morgan fingerprint density at radius 3 is 2.50 bits per heavy atom. The molecule has 1 aromatic carbocycles. The van der Waals surface area contributed by atoms with Crippen molar-refractivity contribution in [2.24, 2.45) is 5.73 Å². The number of anilines is 1. The van der Waals surface area contributed by atoms with Crippen molar-refractivity contribution >= 4 is 20.4 Å². The van der Waals surface area contributed by atoms with Crippen LogP contribution >= 0.6 is 0 Å². The highest BCUT2D eigenvalue weighted by atomic mass is 28.2. The van der Waals surface area contributed by atoms with Gasteiger partial charge in [-0.25, -0.2) is 0 Å². The van der Waals surface area contributed by atoms with Crippen molar-refractivity contribution in [3.8, 4) is 0 Å². The van der Waals surface area contributed by atoms with Crippen LogP contribution in [-0.2, 0) is 0 Å². The lowest BCUT2D eigenvalue weighted by Crippen LogP contribution is -2.34. The third kappa shape index (κ3) is 2.84. The SMILES string of the molecule is CC1(N)C=CC([SiH2]c2ccc(N)cc2)=CC1. The Bertz CT molecular complexity index is 430. The van der Waals surface area contributed by atoms with Gasteiger partial charge in [0.15, 0.2) is 0 Å². The Morgan fingerprint density at radius 2 is 1.94 bits per heavy atom. The largest absolute Gasteiger partial charge is 0.399 e. The van der Waals surface area contributed by atoms with Crippen molar-refractivity contribution in [2.75, 3.05) is 5.73 Å². The Kier molecular flexibility index (Phi) is 2.98. The average Bonchev–Trinajstić information content (AvgIpc) is 2.24. The molecule has 3 heteroatoms. The summed E-state index contributed by atoms with van der Waals surface area (Å²) in [5.41, 5.74) is 12.4. The van der Waals surface area contributed by atoms with Crippen LogP contribution in [-0.4, -0.2) is 15.1 Å². The summed E-state index contributed by atoms with van der Waals surface area (Å²) in [5, 5.41) is 2.89. The molecule has 4 N–H and O–H groups in total. The van der Waals surface area contributed by atoms with Crippen LogP contribution in [0.4, 0.5) is 5.69 Å². The van der Waals surface area contributed by atoms with Crippen LogP contribution in [0, 0.1) is 0 Å². The highest BCUT2D eigenvalue weighted by Gasteiger charge is 2.16. The molecule has 2 nitrogen and oxygen atoms in total. The van der Waals surface area contributed by atoms with Gasteiger partial charge in [-0.2, -0.15) is 0 Å². The summed E-state index contributed by atoms with van der Waals surface area (Å²) in [6, 6.07) is 8.21. The molecule has 0 heterocycles. The molecule has 0 radical (unpaired) electrons. The molecule has 0 amide bonds. The monoisotopic (exact) mass is 230 g/mol. The molecular weight excluding hydrogens is 212 g/mol. The third-order valence-corrected chi connectivity index (χ3v) is 4.68. The first-order chi connectivity index (χ1) is 7.55. The zero-order valence-electron chi connectivity index (χ0n) is 9.61. The van der Waals surface area contributed by atoms with Crippen molar-refractivity contribution in [1.29, 1.82) is 0 Å². The molecule has 0 aromatic heterocycles. The van der Waals surface area contributed by atoms with E-state index in [-0.39, 0.29) is 15.1 Å². The number of rotatable bonds is 2. The van der Waals surface area contributed by atoms with Gasteiger partial charge in [-0.1, -0.05) is 40.7 Å². The smallest absolute Gasteiger partial charge is 0.0870 e. The topological polar surface area (TPSA) is 52.0 Å². The highest BCUT2D eigenvalue weighted by molar-refractivity contribution is 6.61. The Labute approximate surface area is 98.9 Å². The average molecular weight is 230 g/mol. The first-order valence-electron chi connectivity index (χ1n) is 5.57. The summed E-state index contributed by atoms with van der Waals surface area (Å²) in [6.07, 6.45) is 7.53. The van der Waals surface area contributed by atoms with Crippen molar-refractivity contribution < 1.29 is 0 Å². The van der Waals surface area contributed by atoms with Gasteiger partial charge in [0.25, 0.3) is 0 Å². The van der Waals surface area contributed by atoms with Crippen LogP contribution in [0.2, 0.25) is 0 Å². The molecule has 0 saturated carbocycles. The summed E-state index contributed by atoms with van der Waals surface area (Å²) >= 11 is 0. The van der Waals surface area contributed by atoms with Gasteiger partial charge in [0.05, 0.1) is 9.52 Å². The van der Waals surface area contributed by atoms with Gasteiger partial charge in [-0.15, -0.1) is 0 Å². The molecule has 2 rings (SSSR count). The van der Waals surface area contributed by atoms with Gasteiger partial charge in [-0.05, 0) is 25.5 Å². The summed E-state index contributed by atoms with van der Waals surface area (Å²) in [7, 11) is -0.359. The van der Waals surface area contributed by atoms with Crippen LogP contribution in [0.5, 0.6) is 0 Å². The quantitative estimate of drug-likeness (QED) is 0.578. The lowest BCUT2D eigenvalue weighted by molar-refractivity contribution is 0.588. The predicted octanol–water partition coefficient (Wildman–Crippen LogP) is 0.624. The minimum Gasteiger partial charge on any atom is -0.399 e. The third-order valence-electron chi connectivity index (χ3n) is 2.87. The number of nitrogens with two attached hydrogens (primary N) is 2. The molecule has 1 atom stereocenters. The molecule has 0 aliphatic heterocycles. The van der Waals surface area contributed by atoms with E-state index in [2.05, 4.69) is 37.3 Å². The zero-order chi connectivity index (χ0) is 11.6. The van der Waals surface area contributed by atoms with Crippen molar-refractivity contribution in [3.63, 3.8) is 0 Å². The van der Waals surface area contributed by atoms with E-state index in [1.54, 1.807) is 0 Å². The van der Waals surface area contributed by atoms with Crippen LogP contribution in [0.15, 0.2) is 47.7 Å². The molecule has 1 aliphatic carbocycles. The van der Waals surface area contributed by atoms with Crippen LogP contribution in [0.1, 0.15) is 13.3 Å². The molecule has 0 bridgehead atoms. The van der Waals surface area contributed by atoms with Gasteiger partial charge in [0.1, 0.15) is 0 Å². The van der Waals surface area contributed by atoms with Gasteiger partial charge in [0, 0.05) is 11.2 Å². The van der Waals surface area contributed by atoms with E-state index >= 15 is 0 Å². The zero-order valence-corrected chi connectivity index (χ0v) is 11.0. The molecule has 0 spiro atoms. The van der Waals surface area contributed by atoms with E-state index in [9.17, 15) is 0 Å². The summed E-state index contributed by atoms with van der Waals surface area (Å²) in [6.45, 7) is 2.06. The van der Waals surface area contributed by atoms with Gasteiger partial charge in [0.2, 0.25) is 0 Å².